The largest absolute Gasteiger partial charge is 0.448 e. The van der Waals surface area contributed by atoms with Crippen LogP contribution < -0.4 is 0 Å². The molecule has 0 unspecified atom stereocenters. The molecule has 1 heterocycles. The molecule has 14 heavy (non-hydrogen) atoms. The van der Waals surface area contributed by atoms with Gasteiger partial charge in [0.15, 0.2) is 0 Å². The Balaban J connectivity index is 2.47. The Morgan fingerprint density at radius 2 is 2.36 bits per heavy atom. The summed E-state index contributed by atoms with van der Waals surface area (Å²) in [4.78, 5) is 11.4. The van der Waals surface area contributed by atoms with Crippen molar-refractivity contribution in [3.63, 3.8) is 0 Å². The second-order valence-corrected chi connectivity index (χ2v) is 2.74. The predicted molar refractivity (Wildman–Crippen MR) is 51.0 cm³/mol. The van der Waals surface area contributed by atoms with Gasteiger partial charge in [0.2, 0.25) is 0 Å². The standard InChI is InChI=1S/C10H9N2O2/c1-2-14-10(13)12-9-6-4-3-5-8(9)7-11-12/h3-6H,2H2,1H3. The van der Waals surface area contributed by atoms with Crippen LogP contribution in [-0.2, 0) is 4.74 Å². The third-order valence-corrected chi connectivity index (χ3v) is 1.84. The average Bonchev–Trinajstić information content (AvgIpc) is 2.61. The van der Waals surface area contributed by atoms with Gasteiger partial charge in [-0.05, 0) is 13.0 Å². The smallest absolute Gasteiger partial charge is 0.435 e. The maximum absolute atomic E-state index is 11.4. The predicted octanol–water partition coefficient (Wildman–Crippen LogP) is 1.84. The molecule has 0 saturated heterocycles. The van der Waals surface area contributed by atoms with E-state index in [2.05, 4.69) is 11.3 Å². The zero-order valence-corrected chi connectivity index (χ0v) is 7.73. The van der Waals surface area contributed by atoms with E-state index in [0.29, 0.717) is 12.1 Å². The first-order chi connectivity index (χ1) is 6.83. The third kappa shape index (κ3) is 1.35. The van der Waals surface area contributed by atoms with Gasteiger partial charge in [-0.3, -0.25) is 0 Å². The molecule has 4 nitrogen and oxygen atoms in total. The molecule has 0 amide bonds. The number of hydrogen-bond donors (Lipinski definition) is 0. The quantitative estimate of drug-likeness (QED) is 0.687. The number of benzene rings is 1. The fourth-order valence-corrected chi connectivity index (χ4v) is 1.23. The molecule has 0 atom stereocenters. The Morgan fingerprint density at radius 3 is 3.14 bits per heavy atom. The molecule has 1 aromatic carbocycles. The van der Waals surface area contributed by atoms with Gasteiger partial charge in [-0.25, -0.2) is 4.79 Å². The third-order valence-electron chi connectivity index (χ3n) is 1.84. The van der Waals surface area contributed by atoms with Gasteiger partial charge < -0.3 is 4.74 Å². The van der Waals surface area contributed by atoms with Gasteiger partial charge in [0.1, 0.15) is 6.20 Å². The van der Waals surface area contributed by atoms with Gasteiger partial charge in [0, 0.05) is 5.39 Å². The molecule has 0 spiro atoms. The molecule has 4 heteroatoms. The lowest BCUT2D eigenvalue weighted by molar-refractivity contribution is 0.151. The molecule has 0 aliphatic rings. The van der Waals surface area contributed by atoms with Gasteiger partial charge >= 0.3 is 6.09 Å². The van der Waals surface area contributed by atoms with E-state index in [4.69, 9.17) is 4.74 Å². The zero-order chi connectivity index (χ0) is 9.97. The highest BCUT2D eigenvalue weighted by Gasteiger charge is 2.10. The first kappa shape index (κ1) is 8.74. The summed E-state index contributed by atoms with van der Waals surface area (Å²) < 4.78 is 6.04. The van der Waals surface area contributed by atoms with Gasteiger partial charge in [-0.1, -0.05) is 18.2 Å². The molecule has 0 N–H and O–H groups in total. The van der Waals surface area contributed by atoms with E-state index in [0.717, 1.165) is 5.39 Å². The lowest BCUT2D eigenvalue weighted by atomic mass is 10.3. The summed E-state index contributed by atoms with van der Waals surface area (Å²) in [5.74, 6) is 0. The minimum Gasteiger partial charge on any atom is -0.448 e. The fraction of sp³-hybridized carbons (Fsp3) is 0.200. The van der Waals surface area contributed by atoms with Gasteiger partial charge in [0.05, 0.1) is 12.1 Å². The summed E-state index contributed by atoms with van der Waals surface area (Å²) in [7, 11) is 0. The molecule has 0 saturated carbocycles. The number of rotatable bonds is 1. The van der Waals surface area contributed by atoms with Crippen molar-refractivity contribution in [2.75, 3.05) is 6.61 Å². The molecule has 2 aromatic rings. The van der Waals surface area contributed by atoms with E-state index < -0.39 is 6.09 Å². The first-order valence-corrected chi connectivity index (χ1v) is 4.35. The van der Waals surface area contributed by atoms with Crippen LogP contribution in [0.1, 0.15) is 6.92 Å². The van der Waals surface area contributed by atoms with Crippen LogP contribution in [0.5, 0.6) is 0 Å². The molecular formula is C10H9N2O2. The van der Waals surface area contributed by atoms with E-state index in [1.807, 2.05) is 18.2 Å². The van der Waals surface area contributed by atoms with Crippen molar-refractivity contribution in [1.29, 1.82) is 0 Å². The molecule has 1 radical (unpaired) electrons. The highest BCUT2D eigenvalue weighted by atomic mass is 16.5. The van der Waals surface area contributed by atoms with Crippen LogP contribution >= 0.6 is 0 Å². The second-order valence-electron chi connectivity index (χ2n) is 2.74. The van der Waals surface area contributed by atoms with Crippen LogP contribution in [0.15, 0.2) is 24.3 Å². The van der Waals surface area contributed by atoms with E-state index in [1.165, 1.54) is 4.68 Å². The lowest BCUT2D eigenvalue weighted by Gasteiger charge is -2.01. The number of carbonyl (C=O) groups is 1. The fourth-order valence-electron chi connectivity index (χ4n) is 1.23. The number of hydrogen-bond acceptors (Lipinski definition) is 3. The molecule has 0 aliphatic heterocycles. The van der Waals surface area contributed by atoms with Crippen LogP contribution in [-0.4, -0.2) is 22.5 Å². The van der Waals surface area contributed by atoms with Gasteiger partial charge in [-0.2, -0.15) is 9.78 Å². The Morgan fingerprint density at radius 1 is 1.57 bits per heavy atom. The van der Waals surface area contributed by atoms with E-state index in [1.54, 1.807) is 13.0 Å². The summed E-state index contributed by atoms with van der Waals surface area (Å²) in [5.41, 5.74) is 0.714. The number of para-hydroxylation sites is 1. The Bertz CT molecular complexity index is 462. The molecule has 71 valence electrons. The van der Waals surface area contributed by atoms with E-state index in [-0.39, 0.29) is 0 Å². The molecule has 2 rings (SSSR count). The van der Waals surface area contributed by atoms with Crippen LogP contribution in [0.3, 0.4) is 0 Å². The maximum atomic E-state index is 11.4. The topological polar surface area (TPSA) is 44.1 Å². The van der Waals surface area contributed by atoms with Crippen molar-refractivity contribution in [3.05, 3.63) is 30.5 Å². The van der Waals surface area contributed by atoms with Crippen LogP contribution in [0.2, 0.25) is 0 Å². The Kier molecular flexibility index (Phi) is 2.18. The Labute approximate surface area is 81.1 Å². The second kappa shape index (κ2) is 3.49. The van der Waals surface area contributed by atoms with Gasteiger partial charge in [0.25, 0.3) is 0 Å². The summed E-state index contributed by atoms with van der Waals surface area (Å²) in [6.45, 7) is 2.10. The van der Waals surface area contributed by atoms with Crippen molar-refractivity contribution in [2.45, 2.75) is 6.92 Å². The minimum absolute atomic E-state index is 0.340. The molecule has 0 fully saturated rings. The molecule has 0 aliphatic carbocycles. The maximum Gasteiger partial charge on any atom is 0.435 e. The zero-order valence-electron chi connectivity index (χ0n) is 7.73. The number of aromatic nitrogens is 2. The average molecular weight is 189 g/mol. The number of ether oxygens (including phenoxy) is 1. The summed E-state index contributed by atoms with van der Waals surface area (Å²) >= 11 is 0. The monoisotopic (exact) mass is 189 g/mol. The van der Waals surface area contributed by atoms with Crippen molar-refractivity contribution in [1.82, 2.24) is 9.78 Å². The summed E-state index contributed by atoms with van der Waals surface area (Å²) in [5, 5.41) is 4.64. The van der Waals surface area contributed by atoms with Crippen molar-refractivity contribution >= 4 is 17.0 Å². The highest BCUT2D eigenvalue weighted by molar-refractivity contribution is 5.86. The van der Waals surface area contributed by atoms with Crippen molar-refractivity contribution in [3.8, 4) is 0 Å². The van der Waals surface area contributed by atoms with Gasteiger partial charge in [-0.15, -0.1) is 0 Å². The molecule has 1 aromatic heterocycles. The number of fused-ring (bicyclic) bond motifs is 1. The summed E-state index contributed by atoms with van der Waals surface area (Å²) in [6, 6.07) is 7.36. The highest BCUT2D eigenvalue weighted by Crippen LogP contribution is 2.11. The first-order valence-electron chi connectivity index (χ1n) is 4.35. The van der Waals surface area contributed by atoms with Crippen LogP contribution in [0.4, 0.5) is 4.79 Å². The molecule has 0 bridgehead atoms. The van der Waals surface area contributed by atoms with Crippen molar-refractivity contribution in [2.24, 2.45) is 0 Å². The van der Waals surface area contributed by atoms with Crippen LogP contribution in [0.25, 0.3) is 10.9 Å². The van der Waals surface area contributed by atoms with Crippen molar-refractivity contribution < 1.29 is 9.53 Å². The Hall–Kier alpha value is -1.84. The van der Waals surface area contributed by atoms with E-state index in [9.17, 15) is 4.79 Å². The van der Waals surface area contributed by atoms with E-state index >= 15 is 0 Å². The number of carbonyl (C=O) groups excluding carboxylic acids is 1. The lowest BCUT2D eigenvalue weighted by Crippen LogP contribution is -2.14. The SMILES string of the molecule is CCOC(=O)n1n[c]c2ccccc21. The normalized spacial score (nSPS) is 10.4. The number of nitrogens with zero attached hydrogens (tertiary/aromatic N) is 2. The minimum atomic E-state index is -0.468. The molecular weight excluding hydrogens is 180 g/mol. The summed E-state index contributed by atoms with van der Waals surface area (Å²) in [6.07, 6.45) is 2.27. The van der Waals surface area contributed by atoms with Crippen LogP contribution in [0, 0.1) is 6.20 Å².